The third-order valence-corrected chi connectivity index (χ3v) is 3.81. The summed E-state index contributed by atoms with van der Waals surface area (Å²) >= 11 is 0. The van der Waals surface area contributed by atoms with Gasteiger partial charge >= 0.3 is 6.03 Å². The number of hydrogen-bond acceptors (Lipinski definition) is 4. The molecule has 1 atom stereocenters. The van der Waals surface area contributed by atoms with Crippen molar-refractivity contribution >= 4 is 17.8 Å². The molecule has 0 radical (unpaired) electrons. The predicted octanol–water partition coefficient (Wildman–Crippen LogP) is 0.440. The Labute approximate surface area is 124 Å². The summed E-state index contributed by atoms with van der Waals surface area (Å²) < 4.78 is 5.71. The van der Waals surface area contributed by atoms with Crippen molar-refractivity contribution in [1.82, 2.24) is 16.0 Å². The van der Waals surface area contributed by atoms with Gasteiger partial charge in [-0.1, -0.05) is 12.8 Å². The molecule has 1 unspecified atom stereocenters. The van der Waals surface area contributed by atoms with E-state index in [1.54, 1.807) is 0 Å². The maximum atomic E-state index is 11.9. The highest BCUT2D eigenvalue weighted by atomic mass is 16.5. The zero-order chi connectivity index (χ0) is 15.1. The third-order valence-electron chi connectivity index (χ3n) is 3.81. The molecule has 3 N–H and O–H groups in total. The van der Waals surface area contributed by atoms with Gasteiger partial charge in [-0.25, -0.2) is 4.79 Å². The molecule has 1 aliphatic carbocycles. The lowest BCUT2D eigenvalue weighted by atomic mass is 10.1. The highest BCUT2D eigenvalue weighted by molar-refractivity contribution is 5.98. The lowest BCUT2D eigenvalue weighted by molar-refractivity contribution is -0.123. The molecular weight excluding hydrogens is 274 g/mol. The second-order valence-corrected chi connectivity index (χ2v) is 5.53. The number of imide groups is 1. The summed E-state index contributed by atoms with van der Waals surface area (Å²) in [5.41, 5.74) is 0. The molecule has 1 saturated carbocycles. The Balaban J connectivity index is 1.59. The number of nitrogens with one attached hydrogen (secondary N) is 3. The summed E-state index contributed by atoms with van der Waals surface area (Å²) in [5, 5.41) is 7.39. The predicted molar refractivity (Wildman–Crippen MR) is 75.5 cm³/mol. The fourth-order valence-electron chi connectivity index (χ4n) is 2.64. The Hall–Kier alpha value is -1.63. The van der Waals surface area contributed by atoms with Gasteiger partial charge < -0.3 is 15.4 Å². The van der Waals surface area contributed by atoms with E-state index in [0.717, 1.165) is 19.3 Å². The van der Waals surface area contributed by atoms with Crippen LogP contribution in [0.4, 0.5) is 4.79 Å². The molecule has 2 rings (SSSR count). The molecule has 0 bridgehead atoms. The van der Waals surface area contributed by atoms with E-state index in [1.807, 2.05) is 0 Å². The first-order valence-corrected chi connectivity index (χ1v) is 7.65. The number of carbonyl (C=O) groups is 3. The van der Waals surface area contributed by atoms with Crippen LogP contribution < -0.4 is 16.0 Å². The summed E-state index contributed by atoms with van der Waals surface area (Å²) in [6.45, 7) is 1.15. The molecule has 0 aromatic heterocycles. The van der Waals surface area contributed by atoms with Crippen molar-refractivity contribution in [1.29, 1.82) is 0 Å². The average molecular weight is 297 g/mol. The maximum absolute atomic E-state index is 11.9. The molecule has 1 aliphatic heterocycles. The van der Waals surface area contributed by atoms with Crippen molar-refractivity contribution in [3.8, 4) is 0 Å². The van der Waals surface area contributed by atoms with Crippen LogP contribution in [0.15, 0.2) is 0 Å². The van der Waals surface area contributed by atoms with E-state index < -0.39 is 12.1 Å². The standard InChI is InChI=1S/C14H23N3O4/c18-12-7-6-11(16-14(20)17-12)13(19)15-8-3-9-21-10-4-1-2-5-10/h10-11H,1-9H2,(H,15,19)(H2,16,17,18,20). The van der Waals surface area contributed by atoms with Gasteiger partial charge in [0.25, 0.3) is 0 Å². The first kappa shape index (κ1) is 15.8. The molecule has 7 heteroatoms. The van der Waals surface area contributed by atoms with E-state index >= 15 is 0 Å². The van der Waals surface area contributed by atoms with E-state index in [9.17, 15) is 14.4 Å². The number of carbonyl (C=O) groups excluding carboxylic acids is 3. The van der Waals surface area contributed by atoms with Gasteiger partial charge in [-0.3, -0.25) is 14.9 Å². The van der Waals surface area contributed by atoms with Crippen molar-refractivity contribution in [2.24, 2.45) is 0 Å². The van der Waals surface area contributed by atoms with Gasteiger partial charge in [-0.2, -0.15) is 0 Å². The molecule has 0 aromatic carbocycles. The van der Waals surface area contributed by atoms with E-state index in [0.29, 0.717) is 25.7 Å². The smallest absolute Gasteiger partial charge is 0.322 e. The average Bonchev–Trinajstić information content (AvgIpc) is 2.89. The van der Waals surface area contributed by atoms with Crippen LogP contribution in [0, 0.1) is 0 Å². The lowest BCUT2D eigenvalue weighted by Gasteiger charge is -2.15. The van der Waals surface area contributed by atoms with Gasteiger partial charge in [0.15, 0.2) is 0 Å². The van der Waals surface area contributed by atoms with Crippen LogP contribution in [0.1, 0.15) is 44.9 Å². The van der Waals surface area contributed by atoms with E-state index in [-0.39, 0.29) is 18.2 Å². The topological polar surface area (TPSA) is 96.5 Å². The number of urea groups is 1. The molecule has 2 aliphatic rings. The quantitative estimate of drug-likeness (QED) is 0.620. The van der Waals surface area contributed by atoms with Gasteiger partial charge in [-0.05, 0) is 25.7 Å². The number of amides is 4. The SMILES string of the molecule is O=C1CCC(C(=O)NCCCOC2CCCC2)NC(=O)N1. The molecule has 1 heterocycles. The summed E-state index contributed by atoms with van der Waals surface area (Å²) in [6.07, 6.45) is 6.40. The van der Waals surface area contributed by atoms with Crippen molar-refractivity contribution in [3.63, 3.8) is 0 Å². The summed E-state index contributed by atoms with van der Waals surface area (Å²) in [5.74, 6) is -0.603. The first-order chi connectivity index (χ1) is 10.1. The van der Waals surface area contributed by atoms with Crippen molar-refractivity contribution in [2.75, 3.05) is 13.2 Å². The minimum atomic E-state index is -0.646. The van der Waals surface area contributed by atoms with Crippen LogP contribution in [0.25, 0.3) is 0 Å². The molecule has 118 valence electrons. The van der Waals surface area contributed by atoms with Crippen LogP contribution in [0.3, 0.4) is 0 Å². The molecule has 4 amide bonds. The van der Waals surface area contributed by atoms with Gasteiger partial charge in [0.2, 0.25) is 11.8 Å². The number of ether oxygens (including phenoxy) is 1. The Kier molecular flexibility index (Phi) is 5.98. The minimum absolute atomic E-state index is 0.168. The Bertz CT molecular complexity index is 394. The molecule has 1 saturated heterocycles. The fraction of sp³-hybridized carbons (Fsp3) is 0.786. The second kappa shape index (κ2) is 7.97. The van der Waals surface area contributed by atoms with Gasteiger partial charge in [-0.15, -0.1) is 0 Å². The largest absolute Gasteiger partial charge is 0.378 e. The van der Waals surface area contributed by atoms with Crippen LogP contribution in [0.2, 0.25) is 0 Å². The van der Waals surface area contributed by atoms with Crippen LogP contribution in [-0.4, -0.2) is 43.1 Å². The van der Waals surface area contributed by atoms with Gasteiger partial charge in [0.1, 0.15) is 6.04 Å². The van der Waals surface area contributed by atoms with Crippen LogP contribution in [-0.2, 0) is 14.3 Å². The first-order valence-electron chi connectivity index (χ1n) is 7.65. The van der Waals surface area contributed by atoms with Crippen molar-refractivity contribution in [2.45, 2.75) is 57.1 Å². The molecular formula is C14H23N3O4. The van der Waals surface area contributed by atoms with Crippen molar-refractivity contribution in [3.05, 3.63) is 0 Å². The number of hydrogen-bond donors (Lipinski definition) is 3. The monoisotopic (exact) mass is 297 g/mol. The highest BCUT2D eigenvalue weighted by Gasteiger charge is 2.25. The van der Waals surface area contributed by atoms with Crippen LogP contribution in [0.5, 0.6) is 0 Å². The second-order valence-electron chi connectivity index (χ2n) is 5.53. The van der Waals surface area contributed by atoms with E-state index in [1.165, 1.54) is 12.8 Å². The molecule has 2 fully saturated rings. The van der Waals surface area contributed by atoms with Gasteiger partial charge in [0.05, 0.1) is 6.10 Å². The fourth-order valence-corrected chi connectivity index (χ4v) is 2.64. The van der Waals surface area contributed by atoms with Crippen molar-refractivity contribution < 1.29 is 19.1 Å². The summed E-state index contributed by atoms with van der Waals surface area (Å²) in [4.78, 5) is 34.4. The molecule has 0 aromatic rings. The minimum Gasteiger partial charge on any atom is -0.378 e. The summed E-state index contributed by atoms with van der Waals surface area (Å²) in [6, 6.07) is -1.26. The zero-order valence-electron chi connectivity index (χ0n) is 12.2. The summed E-state index contributed by atoms with van der Waals surface area (Å²) in [7, 11) is 0. The van der Waals surface area contributed by atoms with E-state index in [4.69, 9.17) is 4.74 Å². The van der Waals surface area contributed by atoms with E-state index in [2.05, 4.69) is 16.0 Å². The van der Waals surface area contributed by atoms with Crippen LogP contribution >= 0.6 is 0 Å². The Morgan fingerprint density at radius 3 is 2.76 bits per heavy atom. The number of rotatable bonds is 6. The third kappa shape index (κ3) is 5.34. The maximum Gasteiger partial charge on any atom is 0.322 e. The molecule has 0 spiro atoms. The normalized spacial score (nSPS) is 23.3. The Morgan fingerprint density at radius 1 is 1.24 bits per heavy atom. The zero-order valence-corrected chi connectivity index (χ0v) is 12.2. The Morgan fingerprint density at radius 2 is 2.00 bits per heavy atom. The molecule has 21 heavy (non-hydrogen) atoms. The van der Waals surface area contributed by atoms with Gasteiger partial charge in [0, 0.05) is 19.6 Å². The molecule has 7 nitrogen and oxygen atoms in total. The highest BCUT2D eigenvalue weighted by Crippen LogP contribution is 2.20. The lowest BCUT2D eigenvalue weighted by Crippen LogP contribution is -2.48.